The number of hydrogen-bond donors (Lipinski definition) is 1. The van der Waals surface area contributed by atoms with E-state index in [9.17, 15) is 9.67 Å². The van der Waals surface area contributed by atoms with Gasteiger partial charge < -0.3 is 10.6 Å². The van der Waals surface area contributed by atoms with Gasteiger partial charge >= 0.3 is 5.20 Å². The fraction of sp³-hybridized carbons (Fsp3) is 0.429. The maximum Gasteiger partial charge on any atom is 0.339 e. The highest BCUT2D eigenvalue weighted by Gasteiger charge is 2.19. The van der Waals surface area contributed by atoms with Crippen molar-refractivity contribution in [3.05, 3.63) is 30.1 Å². The second-order valence-corrected chi connectivity index (χ2v) is 11.8. The van der Waals surface area contributed by atoms with Crippen molar-refractivity contribution in [2.24, 2.45) is 0 Å². The Morgan fingerprint density at radius 3 is 2.22 bits per heavy atom. The molecule has 0 bridgehead atoms. The van der Waals surface area contributed by atoms with Crippen LogP contribution in [0, 0.1) is 0 Å². The van der Waals surface area contributed by atoms with Crippen LogP contribution in [0.15, 0.2) is 24.3 Å². The van der Waals surface area contributed by atoms with Gasteiger partial charge in [-0.3, -0.25) is 4.57 Å². The van der Waals surface area contributed by atoms with Crippen molar-refractivity contribution in [1.29, 1.82) is 0 Å². The molecule has 2 aromatic rings. The molecule has 128 valence electrons. The van der Waals surface area contributed by atoms with Crippen LogP contribution in [0.2, 0.25) is 0 Å². The van der Waals surface area contributed by atoms with Crippen LogP contribution in [0.3, 0.4) is 0 Å². The summed E-state index contributed by atoms with van der Waals surface area (Å²) in [6, 6.07) is 7.63. The first-order valence-electron chi connectivity index (χ1n) is 6.99. The number of para-hydroxylation sites is 1. The summed E-state index contributed by atoms with van der Waals surface area (Å²) >= 11 is 13.8. The van der Waals surface area contributed by atoms with Crippen molar-refractivity contribution in [3.63, 3.8) is 0 Å². The summed E-state index contributed by atoms with van der Waals surface area (Å²) in [4.78, 5) is 8.86. The zero-order chi connectivity index (χ0) is 16.2. The molecule has 9 heteroatoms. The molecule has 1 heterocycles. The second-order valence-electron chi connectivity index (χ2n) is 5.16. The number of aromatic nitrogens is 2. The maximum atomic E-state index is 9.93. The Labute approximate surface area is 149 Å². The van der Waals surface area contributed by atoms with Crippen LogP contribution >= 0.6 is 38.9 Å². The zero-order valence-corrected chi connectivity index (χ0v) is 15.4. The molecule has 0 aliphatic heterocycles. The Kier molecular flexibility index (Phi) is 8.05. The van der Waals surface area contributed by atoms with Gasteiger partial charge in [0.05, 0.1) is 10.9 Å². The molecule has 0 atom stereocenters. The first-order valence-corrected chi connectivity index (χ1v) is 11.4. The van der Waals surface area contributed by atoms with E-state index in [1.165, 1.54) is 19.3 Å². The number of benzene rings is 1. The number of halogens is 3. The molecule has 1 aromatic carbocycles. The summed E-state index contributed by atoms with van der Waals surface area (Å²) in [6.45, 7) is 0. The molecule has 3 N–H and O–H groups in total. The SMILES string of the molecule is O.O=P(Cl)(Cl)Cl.Oc1nc(C2CCCCC2)nc2ccccc12. The number of nitrogens with zero attached hydrogens (tertiary/aromatic N) is 2. The molecule has 1 aromatic heterocycles. The molecule has 0 saturated heterocycles. The van der Waals surface area contributed by atoms with E-state index in [0.717, 1.165) is 29.6 Å². The summed E-state index contributed by atoms with van der Waals surface area (Å²) in [5, 5.41) is 7.45. The molecule has 0 radical (unpaired) electrons. The lowest BCUT2D eigenvalue weighted by atomic mass is 9.88. The third-order valence-corrected chi connectivity index (χ3v) is 3.57. The molecular formula is C14H18Cl3N2O3P. The first-order chi connectivity index (χ1) is 10.3. The van der Waals surface area contributed by atoms with Gasteiger partial charge in [-0.25, -0.2) is 4.98 Å². The third kappa shape index (κ3) is 6.82. The smallest absolute Gasteiger partial charge is 0.339 e. The number of aromatic hydroxyl groups is 1. The largest absolute Gasteiger partial charge is 0.493 e. The Morgan fingerprint density at radius 2 is 1.61 bits per heavy atom. The topological polar surface area (TPSA) is 94.6 Å². The van der Waals surface area contributed by atoms with Crippen LogP contribution < -0.4 is 0 Å². The molecule has 1 saturated carbocycles. The van der Waals surface area contributed by atoms with Crippen molar-refractivity contribution < 1.29 is 15.1 Å². The molecular weight excluding hydrogens is 381 g/mol. The highest BCUT2D eigenvalue weighted by Crippen LogP contribution is 2.61. The van der Waals surface area contributed by atoms with Crippen LogP contribution in [0.4, 0.5) is 0 Å². The highest BCUT2D eigenvalue weighted by atomic mass is 36.0. The first kappa shape index (κ1) is 20.5. The molecule has 1 aliphatic carbocycles. The van der Waals surface area contributed by atoms with Crippen LogP contribution in [0.1, 0.15) is 43.8 Å². The molecule has 23 heavy (non-hydrogen) atoms. The monoisotopic (exact) mass is 398 g/mol. The maximum absolute atomic E-state index is 9.93. The Bertz CT molecular complexity index is 682. The Morgan fingerprint density at radius 1 is 1.04 bits per heavy atom. The summed E-state index contributed by atoms with van der Waals surface area (Å²) < 4.78 is 9.51. The molecule has 0 unspecified atom stereocenters. The minimum atomic E-state index is -3.22. The van der Waals surface area contributed by atoms with Crippen molar-refractivity contribution in [3.8, 4) is 5.88 Å². The van der Waals surface area contributed by atoms with Gasteiger partial charge in [-0.2, -0.15) is 4.98 Å². The Balaban J connectivity index is 0.000000390. The standard InChI is InChI=1S/C14H16N2O.Cl3OP.H2O/c17-14-11-8-4-5-9-12(11)15-13(16-14)10-6-2-1-3-7-10;1-5(2,3)4;/h4-5,8-10H,1-3,6-7H2,(H,15,16,17);;1H2. The number of fused-ring (bicyclic) bond motifs is 1. The van der Waals surface area contributed by atoms with Gasteiger partial charge in [0, 0.05) is 5.92 Å². The normalized spacial score (nSPS) is 15.4. The summed E-state index contributed by atoms with van der Waals surface area (Å²) in [6.07, 6.45) is 6.12. The van der Waals surface area contributed by atoms with Gasteiger partial charge in [-0.1, -0.05) is 31.4 Å². The lowest BCUT2D eigenvalue weighted by molar-refractivity contribution is 0.414. The van der Waals surface area contributed by atoms with E-state index in [0.29, 0.717) is 5.92 Å². The van der Waals surface area contributed by atoms with Gasteiger partial charge in [0.1, 0.15) is 5.82 Å². The molecule has 1 fully saturated rings. The third-order valence-electron chi connectivity index (χ3n) is 3.57. The van der Waals surface area contributed by atoms with Gasteiger partial charge in [0.25, 0.3) is 0 Å². The van der Waals surface area contributed by atoms with Gasteiger partial charge in [0.15, 0.2) is 0 Å². The number of hydrogen-bond acceptors (Lipinski definition) is 4. The van der Waals surface area contributed by atoms with E-state index in [4.69, 9.17) is 0 Å². The quantitative estimate of drug-likeness (QED) is 0.652. The zero-order valence-electron chi connectivity index (χ0n) is 12.3. The van der Waals surface area contributed by atoms with Crippen LogP contribution in [-0.2, 0) is 4.57 Å². The van der Waals surface area contributed by atoms with Crippen LogP contribution in [0.25, 0.3) is 10.9 Å². The molecule has 3 rings (SSSR count). The second kappa shape index (κ2) is 9.05. The summed E-state index contributed by atoms with van der Waals surface area (Å²) in [7, 11) is 0. The van der Waals surface area contributed by atoms with E-state index in [-0.39, 0.29) is 11.4 Å². The average molecular weight is 400 g/mol. The Hall–Kier alpha value is -0.580. The van der Waals surface area contributed by atoms with Gasteiger partial charge in [0.2, 0.25) is 5.88 Å². The van der Waals surface area contributed by atoms with E-state index < -0.39 is 5.20 Å². The van der Waals surface area contributed by atoms with Gasteiger partial charge in [-0.05, 0) is 58.7 Å². The molecule has 5 nitrogen and oxygen atoms in total. The summed E-state index contributed by atoms with van der Waals surface area (Å²) in [5.74, 6) is 1.37. The lowest BCUT2D eigenvalue weighted by Crippen LogP contribution is -2.08. The average Bonchev–Trinajstić information content (AvgIpc) is 2.46. The van der Waals surface area contributed by atoms with Crippen molar-refractivity contribution in [2.45, 2.75) is 38.0 Å². The predicted octanol–water partition coefficient (Wildman–Crippen LogP) is 5.37. The predicted molar refractivity (Wildman–Crippen MR) is 95.8 cm³/mol. The van der Waals surface area contributed by atoms with Crippen molar-refractivity contribution in [1.82, 2.24) is 9.97 Å². The fourth-order valence-electron chi connectivity index (χ4n) is 2.62. The van der Waals surface area contributed by atoms with Crippen molar-refractivity contribution >= 4 is 49.8 Å². The lowest BCUT2D eigenvalue weighted by Gasteiger charge is -2.20. The highest BCUT2D eigenvalue weighted by molar-refractivity contribution is 8.24. The number of rotatable bonds is 1. The van der Waals surface area contributed by atoms with E-state index in [1.54, 1.807) is 0 Å². The molecule has 1 aliphatic rings. The van der Waals surface area contributed by atoms with Crippen molar-refractivity contribution in [2.75, 3.05) is 0 Å². The van der Waals surface area contributed by atoms with E-state index in [1.807, 2.05) is 24.3 Å². The molecule has 0 amide bonds. The summed E-state index contributed by atoms with van der Waals surface area (Å²) in [5.41, 5.74) is 0.848. The van der Waals surface area contributed by atoms with Crippen LogP contribution in [0.5, 0.6) is 5.88 Å². The van der Waals surface area contributed by atoms with E-state index >= 15 is 0 Å². The molecule has 0 spiro atoms. The van der Waals surface area contributed by atoms with Gasteiger partial charge in [-0.15, -0.1) is 0 Å². The fourth-order valence-corrected chi connectivity index (χ4v) is 2.62. The van der Waals surface area contributed by atoms with Crippen LogP contribution in [-0.4, -0.2) is 20.6 Å². The minimum absolute atomic E-state index is 0. The van der Waals surface area contributed by atoms with E-state index in [2.05, 4.69) is 43.7 Å². The minimum Gasteiger partial charge on any atom is -0.493 e.